The first-order chi connectivity index (χ1) is 26.0. The molecule has 0 amide bonds. The summed E-state index contributed by atoms with van der Waals surface area (Å²) in [6.07, 6.45) is 0. The highest BCUT2D eigenvalue weighted by Crippen LogP contribution is 2.40. The van der Waals surface area contributed by atoms with Gasteiger partial charge in [0, 0.05) is 16.7 Å². The molecule has 0 atom stereocenters. The molecule has 9 aromatic rings. The van der Waals surface area contributed by atoms with E-state index in [0.29, 0.717) is 17.5 Å². The van der Waals surface area contributed by atoms with E-state index in [1.54, 1.807) is 0 Å². The highest BCUT2D eigenvalue weighted by Gasteiger charge is 2.40. The van der Waals surface area contributed by atoms with Gasteiger partial charge in [-0.15, -0.1) is 0 Å². The Morgan fingerprint density at radius 3 is 1.72 bits per heavy atom. The van der Waals surface area contributed by atoms with Crippen LogP contribution in [-0.2, 0) is 0 Å². The molecule has 2 heterocycles. The third-order valence-corrected chi connectivity index (χ3v) is 14.4. The summed E-state index contributed by atoms with van der Waals surface area (Å²) in [6.45, 7) is 4.93. The number of fused-ring (bicyclic) bond motifs is 6. The van der Waals surface area contributed by atoms with Gasteiger partial charge in [0.15, 0.2) is 17.5 Å². The minimum absolute atomic E-state index is 0.658. The molecule has 0 saturated heterocycles. The van der Waals surface area contributed by atoms with Crippen LogP contribution in [-0.4, -0.2) is 23.0 Å². The predicted molar refractivity (Wildman–Crippen MR) is 224 cm³/mol. The maximum atomic E-state index is 5.30. The average Bonchev–Trinajstić information content (AvgIpc) is 3.47. The smallest absolute Gasteiger partial charge is 0.164 e. The molecule has 0 saturated carbocycles. The fourth-order valence-corrected chi connectivity index (χ4v) is 11.2. The van der Waals surface area contributed by atoms with Crippen LogP contribution in [0.15, 0.2) is 176 Å². The Kier molecular flexibility index (Phi) is 7.27. The van der Waals surface area contributed by atoms with Crippen molar-refractivity contribution in [2.45, 2.75) is 13.1 Å². The van der Waals surface area contributed by atoms with Crippen molar-refractivity contribution in [1.29, 1.82) is 0 Å². The van der Waals surface area contributed by atoms with Gasteiger partial charge in [-0.05, 0) is 77.4 Å². The number of rotatable bonds is 5. The Hall–Kier alpha value is -6.49. The molecule has 0 fully saturated rings. The molecule has 0 N–H and O–H groups in total. The topological polar surface area (TPSA) is 38.7 Å². The van der Waals surface area contributed by atoms with Crippen LogP contribution in [0, 0.1) is 0 Å². The van der Waals surface area contributed by atoms with Gasteiger partial charge in [-0.2, -0.15) is 0 Å². The SMILES string of the molecule is C[Si]1(C)c2cccc(-c3nc(-c4ccc(-c5ccc6ccccc6c5)cc4)nc(-c4cccc(-c5ccccc5)c4)n3)c2-c2c1ccc1ccccc21. The van der Waals surface area contributed by atoms with Crippen molar-refractivity contribution in [2.75, 3.05) is 0 Å². The average molecular weight is 694 g/mol. The van der Waals surface area contributed by atoms with Crippen LogP contribution in [0.4, 0.5) is 0 Å². The maximum Gasteiger partial charge on any atom is 0.164 e. The summed E-state index contributed by atoms with van der Waals surface area (Å²) in [4.78, 5) is 15.8. The molecule has 0 unspecified atom stereocenters. The molecule has 0 radical (unpaired) electrons. The summed E-state index contributed by atoms with van der Waals surface area (Å²) in [6, 6.07) is 62.9. The molecular weight excluding hydrogens is 659 g/mol. The second kappa shape index (κ2) is 12.3. The van der Waals surface area contributed by atoms with Crippen LogP contribution in [0.2, 0.25) is 13.1 Å². The zero-order chi connectivity index (χ0) is 35.5. The Morgan fingerprint density at radius 1 is 0.340 bits per heavy atom. The lowest BCUT2D eigenvalue weighted by atomic mass is 9.94. The molecule has 0 bridgehead atoms. The van der Waals surface area contributed by atoms with Gasteiger partial charge in [0.2, 0.25) is 0 Å². The molecular formula is C49H35N3Si. The normalized spacial score (nSPS) is 12.9. The molecule has 3 nitrogen and oxygen atoms in total. The third-order valence-electron chi connectivity index (χ3n) is 10.9. The van der Waals surface area contributed by atoms with Crippen molar-refractivity contribution >= 4 is 40.0 Å². The van der Waals surface area contributed by atoms with Gasteiger partial charge < -0.3 is 0 Å². The summed E-state index contributed by atoms with van der Waals surface area (Å²) < 4.78 is 0. The largest absolute Gasteiger partial charge is 0.208 e. The lowest BCUT2D eigenvalue weighted by Gasteiger charge is -2.19. The predicted octanol–water partition coefficient (Wildman–Crippen LogP) is 11.3. The highest BCUT2D eigenvalue weighted by molar-refractivity contribution is 7.04. The molecule has 250 valence electrons. The number of nitrogens with zero attached hydrogens (tertiary/aromatic N) is 3. The molecule has 1 aromatic heterocycles. The van der Waals surface area contributed by atoms with E-state index in [1.807, 2.05) is 6.07 Å². The second-order valence-corrected chi connectivity index (χ2v) is 18.8. The highest BCUT2D eigenvalue weighted by atomic mass is 28.3. The van der Waals surface area contributed by atoms with Crippen LogP contribution >= 0.6 is 0 Å². The first-order valence-electron chi connectivity index (χ1n) is 18.2. The number of benzene rings is 8. The fraction of sp³-hybridized carbons (Fsp3) is 0.0408. The molecule has 53 heavy (non-hydrogen) atoms. The standard InChI is InChI=1S/C49H35N3Si/c1-53(2)43-21-11-20-42(46(43)45-41-19-9-8-15-35(41)28-29-44(45)53)49-51-47(50-48(52-49)40-18-10-17-38(31-40)32-12-4-3-5-13-32)36-25-22-34(23-26-36)39-27-24-33-14-6-7-16-37(33)30-39/h3-31H,1-2H3. The van der Waals surface area contributed by atoms with Gasteiger partial charge in [-0.1, -0.05) is 177 Å². The summed E-state index contributed by atoms with van der Waals surface area (Å²) in [5.74, 6) is 2.01. The number of hydrogen-bond donors (Lipinski definition) is 0. The van der Waals surface area contributed by atoms with Crippen LogP contribution in [0.25, 0.3) is 89.1 Å². The quantitative estimate of drug-likeness (QED) is 0.168. The van der Waals surface area contributed by atoms with Crippen LogP contribution < -0.4 is 10.4 Å². The molecule has 1 aliphatic rings. The van der Waals surface area contributed by atoms with E-state index < -0.39 is 8.07 Å². The van der Waals surface area contributed by atoms with Crippen molar-refractivity contribution in [1.82, 2.24) is 15.0 Å². The maximum absolute atomic E-state index is 5.30. The van der Waals surface area contributed by atoms with Crippen molar-refractivity contribution in [3.05, 3.63) is 176 Å². The zero-order valence-corrected chi connectivity index (χ0v) is 30.6. The minimum atomic E-state index is -1.99. The van der Waals surface area contributed by atoms with Gasteiger partial charge in [-0.3, -0.25) is 0 Å². The second-order valence-electron chi connectivity index (χ2n) is 14.5. The molecule has 4 heteroatoms. The lowest BCUT2D eigenvalue weighted by Crippen LogP contribution is -2.49. The van der Waals surface area contributed by atoms with Crippen LogP contribution in [0.3, 0.4) is 0 Å². The minimum Gasteiger partial charge on any atom is -0.208 e. The van der Waals surface area contributed by atoms with Crippen molar-refractivity contribution in [3.8, 4) is 67.5 Å². The van der Waals surface area contributed by atoms with Gasteiger partial charge in [0.05, 0.1) is 0 Å². The van der Waals surface area contributed by atoms with Crippen LogP contribution in [0.5, 0.6) is 0 Å². The van der Waals surface area contributed by atoms with Gasteiger partial charge in [0.1, 0.15) is 8.07 Å². The van der Waals surface area contributed by atoms with Crippen molar-refractivity contribution in [3.63, 3.8) is 0 Å². The lowest BCUT2D eigenvalue weighted by molar-refractivity contribution is 1.07. The van der Waals surface area contributed by atoms with E-state index in [9.17, 15) is 0 Å². The van der Waals surface area contributed by atoms with E-state index in [-0.39, 0.29) is 0 Å². The molecule has 10 rings (SSSR count). The molecule has 0 spiro atoms. The Morgan fingerprint density at radius 2 is 0.887 bits per heavy atom. The first-order valence-corrected chi connectivity index (χ1v) is 21.2. The van der Waals surface area contributed by atoms with Crippen molar-refractivity contribution < 1.29 is 0 Å². The van der Waals surface area contributed by atoms with E-state index in [4.69, 9.17) is 15.0 Å². The summed E-state index contributed by atoms with van der Waals surface area (Å²) in [5.41, 5.74) is 10.2. The first kappa shape index (κ1) is 31.3. The monoisotopic (exact) mass is 693 g/mol. The summed E-state index contributed by atoms with van der Waals surface area (Å²) in [7, 11) is -1.99. The van der Waals surface area contributed by atoms with E-state index in [2.05, 4.69) is 183 Å². The van der Waals surface area contributed by atoms with Gasteiger partial charge >= 0.3 is 0 Å². The zero-order valence-electron chi connectivity index (χ0n) is 29.6. The van der Waals surface area contributed by atoms with E-state index >= 15 is 0 Å². The fourth-order valence-electron chi connectivity index (χ4n) is 8.14. The van der Waals surface area contributed by atoms with Gasteiger partial charge in [0.25, 0.3) is 0 Å². The molecule has 8 aromatic carbocycles. The van der Waals surface area contributed by atoms with E-state index in [0.717, 1.165) is 33.4 Å². The summed E-state index contributed by atoms with van der Waals surface area (Å²) in [5, 5.41) is 7.90. The molecule has 1 aliphatic heterocycles. The van der Waals surface area contributed by atoms with Crippen molar-refractivity contribution in [2.24, 2.45) is 0 Å². The van der Waals surface area contributed by atoms with E-state index in [1.165, 1.54) is 48.6 Å². The Bertz CT molecular complexity index is 2860. The number of aromatic nitrogens is 3. The number of hydrogen-bond acceptors (Lipinski definition) is 3. The third kappa shape index (κ3) is 5.30. The summed E-state index contributed by atoms with van der Waals surface area (Å²) >= 11 is 0. The van der Waals surface area contributed by atoms with Gasteiger partial charge in [-0.25, -0.2) is 15.0 Å². The Balaban J connectivity index is 1.16. The Labute approximate surface area is 310 Å². The van der Waals surface area contributed by atoms with Crippen LogP contribution in [0.1, 0.15) is 0 Å². The molecule has 0 aliphatic carbocycles.